The highest BCUT2D eigenvalue weighted by molar-refractivity contribution is 5.53. The molecule has 0 radical (unpaired) electrons. The molecule has 0 saturated carbocycles. The fraction of sp³-hybridized carbons (Fsp3) is 0.385. The highest BCUT2D eigenvalue weighted by Gasteiger charge is 2.15. The SMILES string of the molecule is CC(C)C(O)Cc1nc(-c2ccccc2)no1. The Morgan fingerprint density at radius 3 is 2.59 bits per heavy atom. The average Bonchev–Trinajstić information content (AvgIpc) is 2.78. The fourth-order valence-corrected chi connectivity index (χ4v) is 1.46. The predicted molar refractivity (Wildman–Crippen MR) is 64.3 cm³/mol. The van der Waals surface area contributed by atoms with Crippen LogP contribution in [0.5, 0.6) is 0 Å². The van der Waals surface area contributed by atoms with Gasteiger partial charge in [-0.2, -0.15) is 4.98 Å². The van der Waals surface area contributed by atoms with Gasteiger partial charge >= 0.3 is 0 Å². The second kappa shape index (κ2) is 5.10. The van der Waals surface area contributed by atoms with Crippen LogP contribution in [0.1, 0.15) is 19.7 Å². The summed E-state index contributed by atoms with van der Waals surface area (Å²) in [4.78, 5) is 4.27. The van der Waals surface area contributed by atoms with Crippen molar-refractivity contribution >= 4 is 0 Å². The molecule has 0 aliphatic rings. The number of aliphatic hydroxyl groups excluding tert-OH is 1. The standard InChI is InChI=1S/C13H16N2O2/c1-9(2)11(16)8-12-14-13(15-17-12)10-6-4-3-5-7-10/h3-7,9,11,16H,8H2,1-2H3. The molecule has 0 saturated heterocycles. The van der Waals surface area contributed by atoms with Crippen LogP contribution in [0.4, 0.5) is 0 Å². The highest BCUT2D eigenvalue weighted by atomic mass is 16.5. The first-order valence-electron chi connectivity index (χ1n) is 5.73. The molecule has 4 nitrogen and oxygen atoms in total. The molecule has 1 aromatic carbocycles. The molecule has 0 aliphatic carbocycles. The van der Waals surface area contributed by atoms with E-state index in [1.165, 1.54) is 0 Å². The zero-order valence-corrected chi connectivity index (χ0v) is 10.00. The minimum Gasteiger partial charge on any atom is -0.392 e. The van der Waals surface area contributed by atoms with E-state index >= 15 is 0 Å². The first-order chi connectivity index (χ1) is 8.16. The fourth-order valence-electron chi connectivity index (χ4n) is 1.46. The summed E-state index contributed by atoms with van der Waals surface area (Å²) in [7, 11) is 0. The van der Waals surface area contributed by atoms with Crippen molar-refractivity contribution in [1.29, 1.82) is 0 Å². The van der Waals surface area contributed by atoms with Crippen LogP contribution in [0.25, 0.3) is 11.4 Å². The predicted octanol–water partition coefficient (Wildman–Crippen LogP) is 2.30. The van der Waals surface area contributed by atoms with E-state index in [9.17, 15) is 5.11 Å². The monoisotopic (exact) mass is 232 g/mol. The lowest BCUT2D eigenvalue weighted by Gasteiger charge is -2.10. The summed E-state index contributed by atoms with van der Waals surface area (Å²) in [6.07, 6.45) is -0.0450. The molecule has 4 heteroatoms. The molecule has 0 amide bonds. The van der Waals surface area contributed by atoms with Crippen molar-refractivity contribution in [2.75, 3.05) is 0 Å². The maximum Gasteiger partial charge on any atom is 0.229 e. The molecule has 0 fully saturated rings. The van der Waals surface area contributed by atoms with Gasteiger partial charge in [0.2, 0.25) is 11.7 Å². The lowest BCUT2D eigenvalue weighted by Crippen LogP contribution is -2.17. The molecule has 17 heavy (non-hydrogen) atoms. The van der Waals surface area contributed by atoms with Gasteiger partial charge in [-0.1, -0.05) is 49.3 Å². The van der Waals surface area contributed by atoms with Crippen molar-refractivity contribution in [3.05, 3.63) is 36.2 Å². The van der Waals surface area contributed by atoms with Gasteiger partial charge in [0.05, 0.1) is 12.5 Å². The molecule has 1 unspecified atom stereocenters. The third kappa shape index (κ3) is 2.91. The van der Waals surface area contributed by atoms with E-state index in [-0.39, 0.29) is 5.92 Å². The number of aliphatic hydroxyl groups is 1. The van der Waals surface area contributed by atoms with E-state index in [0.717, 1.165) is 5.56 Å². The normalized spacial score (nSPS) is 12.9. The Bertz CT molecular complexity index is 465. The van der Waals surface area contributed by atoms with Crippen molar-refractivity contribution in [2.24, 2.45) is 5.92 Å². The average molecular weight is 232 g/mol. The molecule has 1 N–H and O–H groups in total. The molecule has 1 atom stereocenters. The Morgan fingerprint density at radius 2 is 1.94 bits per heavy atom. The van der Waals surface area contributed by atoms with E-state index < -0.39 is 6.10 Å². The van der Waals surface area contributed by atoms with Crippen LogP contribution in [-0.4, -0.2) is 21.4 Å². The minimum atomic E-state index is -0.445. The summed E-state index contributed by atoms with van der Waals surface area (Å²) in [5.74, 6) is 1.23. The maximum absolute atomic E-state index is 9.73. The van der Waals surface area contributed by atoms with Crippen molar-refractivity contribution in [1.82, 2.24) is 10.1 Å². The number of aromatic nitrogens is 2. The van der Waals surface area contributed by atoms with Gasteiger partial charge in [-0.25, -0.2) is 0 Å². The lowest BCUT2D eigenvalue weighted by molar-refractivity contribution is 0.116. The summed E-state index contributed by atoms with van der Waals surface area (Å²) in [5, 5.41) is 13.6. The summed E-state index contributed by atoms with van der Waals surface area (Å²) in [6.45, 7) is 3.91. The molecular formula is C13H16N2O2. The number of benzene rings is 1. The van der Waals surface area contributed by atoms with Crippen molar-refractivity contribution < 1.29 is 9.63 Å². The van der Waals surface area contributed by atoms with E-state index in [1.54, 1.807) is 0 Å². The second-order valence-electron chi connectivity index (χ2n) is 4.39. The molecular weight excluding hydrogens is 216 g/mol. The Hall–Kier alpha value is -1.68. The quantitative estimate of drug-likeness (QED) is 0.878. The van der Waals surface area contributed by atoms with Gasteiger partial charge in [-0.05, 0) is 5.92 Å². The lowest BCUT2D eigenvalue weighted by atomic mass is 10.0. The van der Waals surface area contributed by atoms with Crippen LogP contribution in [0.15, 0.2) is 34.9 Å². The first kappa shape index (κ1) is 11.8. The van der Waals surface area contributed by atoms with Crippen molar-refractivity contribution in [2.45, 2.75) is 26.4 Å². The Balaban J connectivity index is 2.12. The molecule has 90 valence electrons. The van der Waals surface area contributed by atoms with E-state index in [4.69, 9.17) is 4.52 Å². The minimum absolute atomic E-state index is 0.182. The Morgan fingerprint density at radius 1 is 1.24 bits per heavy atom. The van der Waals surface area contributed by atoms with Crippen LogP contribution in [0, 0.1) is 5.92 Å². The molecule has 0 bridgehead atoms. The third-order valence-corrected chi connectivity index (χ3v) is 2.65. The number of hydrogen-bond acceptors (Lipinski definition) is 4. The second-order valence-corrected chi connectivity index (χ2v) is 4.39. The molecule has 1 aromatic heterocycles. The Kier molecular flexibility index (Phi) is 3.54. The van der Waals surface area contributed by atoms with Crippen LogP contribution in [-0.2, 0) is 6.42 Å². The van der Waals surface area contributed by atoms with Gasteiger partial charge in [-0.3, -0.25) is 0 Å². The molecule has 0 aliphatic heterocycles. The van der Waals surface area contributed by atoms with E-state index in [0.29, 0.717) is 18.1 Å². The number of hydrogen-bond donors (Lipinski definition) is 1. The Labute approximate surface area is 100 Å². The zero-order valence-electron chi connectivity index (χ0n) is 10.00. The summed E-state index contributed by atoms with van der Waals surface area (Å²) in [6, 6.07) is 9.64. The largest absolute Gasteiger partial charge is 0.392 e. The van der Waals surface area contributed by atoms with Crippen molar-refractivity contribution in [3.63, 3.8) is 0 Å². The summed E-state index contributed by atoms with van der Waals surface area (Å²) >= 11 is 0. The maximum atomic E-state index is 9.73. The van der Waals surface area contributed by atoms with E-state index in [2.05, 4.69) is 10.1 Å². The van der Waals surface area contributed by atoms with Gasteiger partial charge in [0.1, 0.15) is 0 Å². The van der Waals surface area contributed by atoms with Gasteiger partial charge < -0.3 is 9.63 Å². The van der Waals surface area contributed by atoms with Crippen LogP contribution >= 0.6 is 0 Å². The van der Waals surface area contributed by atoms with Crippen LogP contribution in [0.3, 0.4) is 0 Å². The van der Waals surface area contributed by atoms with Gasteiger partial charge in [-0.15, -0.1) is 0 Å². The smallest absolute Gasteiger partial charge is 0.229 e. The first-order valence-corrected chi connectivity index (χ1v) is 5.73. The third-order valence-electron chi connectivity index (χ3n) is 2.65. The van der Waals surface area contributed by atoms with Gasteiger partial charge in [0, 0.05) is 5.56 Å². The van der Waals surface area contributed by atoms with Crippen LogP contribution in [0.2, 0.25) is 0 Å². The molecule has 2 rings (SSSR count). The number of rotatable bonds is 4. The zero-order chi connectivity index (χ0) is 12.3. The topological polar surface area (TPSA) is 59.2 Å². The summed E-state index contributed by atoms with van der Waals surface area (Å²) < 4.78 is 5.12. The van der Waals surface area contributed by atoms with Crippen molar-refractivity contribution in [3.8, 4) is 11.4 Å². The molecule has 2 aromatic rings. The summed E-state index contributed by atoms with van der Waals surface area (Å²) in [5.41, 5.74) is 0.918. The van der Waals surface area contributed by atoms with Gasteiger partial charge in [0.15, 0.2) is 0 Å². The molecule has 1 heterocycles. The highest BCUT2D eigenvalue weighted by Crippen LogP contribution is 2.16. The van der Waals surface area contributed by atoms with Crippen LogP contribution < -0.4 is 0 Å². The van der Waals surface area contributed by atoms with Gasteiger partial charge in [0.25, 0.3) is 0 Å². The van der Waals surface area contributed by atoms with E-state index in [1.807, 2.05) is 44.2 Å². The molecule has 0 spiro atoms. The number of nitrogens with zero attached hydrogens (tertiary/aromatic N) is 2.